The standard InChI is InChI=1S/C22H36BrN3O4Si/c1-13-15(20(21(27)28-6)30-22(3,4)5)16(23)19-18(17(13)24)25-14(2)26(19)12-29-10-11-31(7,8)9/h20H,10-12,24H2,1-9H3/p+1. The number of anilines is 1. The molecule has 0 amide bonds. The minimum absolute atomic E-state index is 0.389. The summed E-state index contributed by atoms with van der Waals surface area (Å²) in [5.41, 5.74) is 9.62. The van der Waals surface area contributed by atoms with E-state index in [1.807, 2.05) is 39.2 Å². The van der Waals surface area contributed by atoms with Gasteiger partial charge < -0.3 is 19.9 Å². The number of hydrogen-bond acceptors (Lipinski definition) is 5. The predicted octanol–water partition coefficient (Wildman–Crippen LogP) is 4.76. The number of nitrogen functional groups attached to an aromatic ring is 1. The van der Waals surface area contributed by atoms with Crippen LogP contribution in [0.1, 0.15) is 43.8 Å². The van der Waals surface area contributed by atoms with E-state index in [0.29, 0.717) is 24.6 Å². The van der Waals surface area contributed by atoms with Crippen molar-refractivity contribution in [1.29, 1.82) is 0 Å². The highest BCUT2D eigenvalue weighted by Gasteiger charge is 2.35. The minimum Gasteiger partial charge on any atom is -0.467 e. The van der Waals surface area contributed by atoms with Crippen LogP contribution in [-0.2, 0) is 25.7 Å². The Bertz CT molecular complexity index is 961. The van der Waals surface area contributed by atoms with Gasteiger partial charge >= 0.3 is 5.97 Å². The van der Waals surface area contributed by atoms with Gasteiger partial charge in [0.25, 0.3) is 5.82 Å². The van der Waals surface area contributed by atoms with E-state index >= 15 is 0 Å². The number of benzene rings is 1. The Morgan fingerprint density at radius 3 is 2.39 bits per heavy atom. The van der Waals surface area contributed by atoms with Crippen molar-refractivity contribution in [3.8, 4) is 0 Å². The van der Waals surface area contributed by atoms with E-state index in [-0.39, 0.29) is 0 Å². The molecule has 0 saturated carbocycles. The van der Waals surface area contributed by atoms with Gasteiger partial charge in [0.05, 0.1) is 22.9 Å². The number of nitrogens with one attached hydrogen (secondary N) is 1. The summed E-state index contributed by atoms with van der Waals surface area (Å²) in [4.78, 5) is 16.1. The van der Waals surface area contributed by atoms with Gasteiger partial charge in [-0.1, -0.05) is 19.6 Å². The number of methoxy groups -OCH3 is 1. The monoisotopic (exact) mass is 514 g/mol. The normalized spacial score (nSPS) is 13.6. The zero-order valence-electron chi connectivity index (χ0n) is 20.2. The van der Waals surface area contributed by atoms with E-state index in [2.05, 4.69) is 40.6 Å². The number of fused-ring (bicyclic) bond motifs is 1. The van der Waals surface area contributed by atoms with Gasteiger partial charge in [-0.05, 0) is 55.2 Å². The molecule has 0 aliphatic heterocycles. The van der Waals surface area contributed by atoms with Crippen LogP contribution in [0.15, 0.2) is 4.47 Å². The second kappa shape index (κ2) is 9.60. The molecule has 174 valence electrons. The summed E-state index contributed by atoms with van der Waals surface area (Å²) in [6, 6.07) is 1.09. The van der Waals surface area contributed by atoms with E-state index in [9.17, 15) is 4.79 Å². The third kappa shape index (κ3) is 6.09. The Kier molecular flexibility index (Phi) is 8.00. The van der Waals surface area contributed by atoms with Crippen molar-refractivity contribution in [3.63, 3.8) is 0 Å². The van der Waals surface area contributed by atoms with Gasteiger partial charge in [-0.3, -0.25) is 0 Å². The summed E-state index contributed by atoms with van der Waals surface area (Å²) in [6.07, 6.45) is -0.914. The van der Waals surface area contributed by atoms with E-state index in [1.54, 1.807) is 0 Å². The summed E-state index contributed by atoms with van der Waals surface area (Å²) in [5.74, 6) is 0.445. The zero-order chi connectivity index (χ0) is 23.7. The summed E-state index contributed by atoms with van der Waals surface area (Å²) < 4.78 is 20.0. The van der Waals surface area contributed by atoms with Gasteiger partial charge in [0.15, 0.2) is 23.9 Å². The Labute approximate surface area is 194 Å². The molecule has 1 unspecified atom stereocenters. The van der Waals surface area contributed by atoms with E-state index < -0.39 is 25.7 Å². The van der Waals surface area contributed by atoms with Crippen molar-refractivity contribution >= 4 is 46.7 Å². The van der Waals surface area contributed by atoms with Crippen LogP contribution in [0.2, 0.25) is 25.7 Å². The third-order valence-corrected chi connectivity index (χ3v) is 7.61. The highest BCUT2D eigenvalue weighted by Crippen LogP contribution is 2.40. The number of imidazole rings is 1. The molecule has 0 aliphatic rings. The molecule has 1 aromatic heterocycles. The number of nitrogens with zero attached hydrogens (tertiary/aromatic N) is 1. The van der Waals surface area contributed by atoms with Crippen LogP contribution in [-0.4, -0.2) is 38.3 Å². The molecule has 0 aliphatic carbocycles. The van der Waals surface area contributed by atoms with Gasteiger partial charge in [0.2, 0.25) is 0 Å². The number of aromatic amines is 1. The highest BCUT2D eigenvalue weighted by atomic mass is 79.9. The van der Waals surface area contributed by atoms with Gasteiger partial charge in [-0.15, -0.1) is 0 Å². The molecule has 0 saturated heterocycles. The number of halogens is 1. The first-order valence-electron chi connectivity index (χ1n) is 10.5. The maximum Gasteiger partial charge on any atom is 0.339 e. The fraction of sp³-hybridized carbons (Fsp3) is 0.636. The molecule has 9 heteroatoms. The molecular weight excluding hydrogens is 478 g/mol. The number of hydrogen-bond donors (Lipinski definition) is 2. The van der Waals surface area contributed by atoms with Gasteiger partial charge in [-0.25, -0.2) is 14.3 Å². The van der Waals surface area contributed by atoms with Crippen LogP contribution >= 0.6 is 15.9 Å². The first-order chi connectivity index (χ1) is 14.2. The van der Waals surface area contributed by atoms with E-state index in [0.717, 1.165) is 32.9 Å². The third-order valence-electron chi connectivity index (χ3n) is 5.10. The Balaban J connectivity index is 2.59. The number of esters is 1. The smallest absolute Gasteiger partial charge is 0.339 e. The molecule has 0 fully saturated rings. The van der Waals surface area contributed by atoms with Crippen molar-refractivity contribution in [2.45, 2.75) is 78.7 Å². The summed E-state index contributed by atoms with van der Waals surface area (Å²) >= 11 is 3.74. The molecule has 1 aromatic carbocycles. The molecule has 1 atom stereocenters. The van der Waals surface area contributed by atoms with Crippen molar-refractivity contribution in [3.05, 3.63) is 21.4 Å². The van der Waals surface area contributed by atoms with Gasteiger partial charge in [0.1, 0.15) is 0 Å². The quantitative estimate of drug-likeness (QED) is 0.174. The lowest BCUT2D eigenvalue weighted by molar-refractivity contribution is -0.714. The molecule has 2 aromatic rings. The number of ether oxygens (including phenoxy) is 3. The maximum atomic E-state index is 12.7. The molecule has 0 radical (unpaired) electrons. The lowest BCUT2D eigenvalue weighted by Crippen LogP contribution is -2.38. The fourth-order valence-electron chi connectivity index (χ4n) is 3.35. The van der Waals surface area contributed by atoms with Gasteiger partial charge in [-0.2, -0.15) is 0 Å². The van der Waals surface area contributed by atoms with Crippen molar-refractivity contribution in [2.24, 2.45) is 0 Å². The van der Waals surface area contributed by atoms with Crippen LogP contribution in [0.25, 0.3) is 11.0 Å². The fourth-order valence-corrected chi connectivity index (χ4v) is 5.03. The molecule has 2 rings (SSSR count). The van der Waals surface area contributed by atoms with Crippen molar-refractivity contribution < 1.29 is 23.6 Å². The van der Waals surface area contributed by atoms with Crippen molar-refractivity contribution in [1.82, 2.24) is 4.98 Å². The van der Waals surface area contributed by atoms with Crippen LogP contribution < -0.4 is 10.3 Å². The van der Waals surface area contributed by atoms with Crippen LogP contribution in [0.5, 0.6) is 0 Å². The Morgan fingerprint density at radius 2 is 1.87 bits per heavy atom. The van der Waals surface area contributed by atoms with E-state index in [4.69, 9.17) is 19.9 Å². The topological polar surface area (TPSA) is 90.5 Å². The molecule has 0 bridgehead atoms. The summed E-state index contributed by atoms with van der Waals surface area (Å²) in [7, 11) is 0.184. The van der Waals surface area contributed by atoms with Crippen LogP contribution in [0.3, 0.4) is 0 Å². The average Bonchev–Trinajstić information content (AvgIpc) is 2.97. The Hall–Kier alpha value is -1.42. The molecule has 31 heavy (non-hydrogen) atoms. The summed E-state index contributed by atoms with van der Waals surface area (Å²) in [6.45, 7) is 17.7. The van der Waals surface area contributed by atoms with Crippen LogP contribution in [0, 0.1) is 13.8 Å². The lowest BCUT2D eigenvalue weighted by Gasteiger charge is -2.28. The molecule has 1 heterocycles. The highest BCUT2D eigenvalue weighted by molar-refractivity contribution is 9.10. The van der Waals surface area contributed by atoms with Gasteiger partial charge in [0, 0.05) is 27.2 Å². The largest absolute Gasteiger partial charge is 0.467 e. The number of rotatable bonds is 8. The number of H-pyrrole nitrogens is 1. The first kappa shape index (κ1) is 25.8. The van der Waals surface area contributed by atoms with E-state index in [1.165, 1.54) is 7.11 Å². The molecular formula is C22H37BrN3O4Si+. The predicted molar refractivity (Wildman–Crippen MR) is 130 cm³/mol. The average molecular weight is 516 g/mol. The number of carbonyl (C=O) groups excluding carboxylic acids is 1. The maximum absolute atomic E-state index is 12.7. The first-order valence-corrected chi connectivity index (χ1v) is 15.0. The second-order valence-corrected chi connectivity index (χ2v) is 16.5. The number of aryl methyl sites for hydroxylation is 1. The summed E-state index contributed by atoms with van der Waals surface area (Å²) in [5, 5.41) is 0. The number of carbonyl (C=O) groups is 1. The molecule has 3 N–H and O–H groups in total. The van der Waals surface area contributed by atoms with Crippen LogP contribution in [0.4, 0.5) is 5.69 Å². The lowest BCUT2D eigenvalue weighted by atomic mass is 9.99. The zero-order valence-corrected chi connectivity index (χ0v) is 22.8. The second-order valence-electron chi connectivity index (χ2n) is 10.1. The number of aromatic nitrogens is 2. The SMILES string of the molecule is COC(=O)C(OC(C)(C)C)c1c(C)c(N)c2[nH]c(C)[n+](COCC[Si](C)(C)C)c2c1Br. The molecule has 0 spiro atoms. The Morgan fingerprint density at radius 1 is 1.26 bits per heavy atom. The van der Waals surface area contributed by atoms with Crippen molar-refractivity contribution in [2.75, 3.05) is 19.5 Å². The minimum atomic E-state index is -1.18. The number of nitrogens with two attached hydrogens (primary N) is 1. The molecule has 7 nitrogen and oxygen atoms in total.